The van der Waals surface area contributed by atoms with Crippen LogP contribution >= 0.6 is 0 Å². The number of carbonyl (C=O) groups is 3. The molecule has 1 saturated heterocycles. The van der Waals surface area contributed by atoms with Crippen LogP contribution in [-0.4, -0.2) is 65.9 Å². The first kappa shape index (κ1) is 30.2. The zero-order chi connectivity index (χ0) is 30.6. The Balaban J connectivity index is 1.34. The van der Waals surface area contributed by atoms with Crippen LogP contribution in [0.25, 0.3) is 11.1 Å². The predicted molar refractivity (Wildman–Crippen MR) is 161 cm³/mol. The van der Waals surface area contributed by atoms with Crippen molar-refractivity contribution < 1.29 is 33.0 Å². The molecular formula is C34H40N2O7. The van der Waals surface area contributed by atoms with E-state index >= 15 is 0 Å². The van der Waals surface area contributed by atoms with Gasteiger partial charge in [0.05, 0.1) is 13.2 Å². The number of fused-ring (bicyclic) bond motifs is 3. The van der Waals surface area contributed by atoms with Crippen LogP contribution in [-0.2, 0) is 20.8 Å². The first-order valence-corrected chi connectivity index (χ1v) is 15.0. The first-order chi connectivity index (χ1) is 20.6. The van der Waals surface area contributed by atoms with Gasteiger partial charge in [-0.05, 0) is 81.3 Å². The van der Waals surface area contributed by atoms with Crippen molar-refractivity contribution in [2.45, 2.75) is 71.1 Å². The van der Waals surface area contributed by atoms with Crippen molar-refractivity contribution >= 4 is 18.2 Å². The summed E-state index contributed by atoms with van der Waals surface area (Å²) in [5, 5.41) is 0. The summed E-state index contributed by atoms with van der Waals surface area (Å²) < 4.78 is 22.5. The summed E-state index contributed by atoms with van der Waals surface area (Å²) in [7, 11) is 0. The fourth-order valence-corrected chi connectivity index (χ4v) is 5.86. The number of benzene rings is 2. The number of likely N-dealkylation sites (tertiary alicyclic amines) is 1. The second kappa shape index (κ2) is 12.9. The van der Waals surface area contributed by atoms with Crippen LogP contribution in [0.15, 0.2) is 65.1 Å². The van der Waals surface area contributed by atoms with E-state index in [1.54, 1.807) is 28.9 Å². The summed E-state index contributed by atoms with van der Waals surface area (Å²) in [6.07, 6.45) is 1.10. The molecule has 43 heavy (non-hydrogen) atoms. The Labute approximate surface area is 252 Å². The number of hydrogen-bond donors (Lipinski definition) is 0. The average Bonchev–Trinajstić information content (AvgIpc) is 3.48. The monoisotopic (exact) mass is 588 g/mol. The zero-order valence-electron chi connectivity index (χ0n) is 25.3. The molecule has 1 aliphatic carbocycles. The third-order valence-corrected chi connectivity index (χ3v) is 7.83. The van der Waals surface area contributed by atoms with E-state index < -0.39 is 17.7 Å². The summed E-state index contributed by atoms with van der Waals surface area (Å²) in [6, 6.07) is 19.4. The Kier molecular flexibility index (Phi) is 9.08. The normalized spacial score (nSPS) is 16.6. The smallest absolute Gasteiger partial charge is 0.410 e. The lowest BCUT2D eigenvalue weighted by Gasteiger charge is -2.30. The number of nitrogens with zero attached hydrogens (tertiary/aromatic N) is 2. The van der Waals surface area contributed by atoms with E-state index in [-0.39, 0.29) is 43.6 Å². The van der Waals surface area contributed by atoms with E-state index in [9.17, 15) is 14.4 Å². The molecule has 0 bridgehead atoms. The van der Waals surface area contributed by atoms with E-state index in [4.69, 9.17) is 18.6 Å². The van der Waals surface area contributed by atoms with Gasteiger partial charge in [0.1, 0.15) is 18.0 Å². The maximum absolute atomic E-state index is 13.9. The molecule has 2 aromatic carbocycles. The van der Waals surface area contributed by atoms with E-state index in [0.29, 0.717) is 38.1 Å². The van der Waals surface area contributed by atoms with Gasteiger partial charge in [0.15, 0.2) is 0 Å². The van der Waals surface area contributed by atoms with Crippen LogP contribution in [0.2, 0.25) is 0 Å². The third-order valence-electron chi connectivity index (χ3n) is 7.83. The van der Waals surface area contributed by atoms with Crippen molar-refractivity contribution in [3.05, 3.63) is 83.3 Å². The van der Waals surface area contributed by atoms with Crippen LogP contribution in [0, 0.1) is 0 Å². The van der Waals surface area contributed by atoms with Gasteiger partial charge in [-0.1, -0.05) is 48.5 Å². The van der Waals surface area contributed by atoms with Crippen LogP contribution in [0.4, 0.5) is 9.59 Å². The molecule has 0 radical (unpaired) electrons. The van der Waals surface area contributed by atoms with Gasteiger partial charge in [0, 0.05) is 25.0 Å². The maximum atomic E-state index is 13.9. The summed E-state index contributed by atoms with van der Waals surface area (Å²) in [5.74, 6) is -0.0935. The van der Waals surface area contributed by atoms with Gasteiger partial charge in [0.2, 0.25) is 5.76 Å². The molecule has 2 amide bonds. The Morgan fingerprint density at radius 1 is 0.907 bits per heavy atom. The fourth-order valence-electron chi connectivity index (χ4n) is 5.86. The van der Waals surface area contributed by atoms with Crippen molar-refractivity contribution in [1.82, 2.24) is 9.80 Å². The highest BCUT2D eigenvalue weighted by Gasteiger charge is 2.34. The Morgan fingerprint density at radius 2 is 1.58 bits per heavy atom. The second-order valence-electron chi connectivity index (χ2n) is 12.0. The van der Waals surface area contributed by atoms with Crippen LogP contribution in [0.3, 0.4) is 0 Å². The van der Waals surface area contributed by atoms with E-state index in [2.05, 4.69) is 24.3 Å². The number of ether oxygens (including phenoxy) is 3. The molecule has 1 atom stereocenters. The summed E-state index contributed by atoms with van der Waals surface area (Å²) in [6.45, 7) is 8.79. The molecule has 1 aromatic heterocycles. The summed E-state index contributed by atoms with van der Waals surface area (Å²) in [5.41, 5.74) is 3.99. The van der Waals surface area contributed by atoms with E-state index in [0.717, 1.165) is 22.3 Å². The van der Waals surface area contributed by atoms with E-state index in [1.165, 1.54) is 0 Å². The average molecular weight is 589 g/mol. The Morgan fingerprint density at radius 3 is 2.23 bits per heavy atom. The van der Waals surface area contributed by atoms with Gasteiger partial charge in [-0.25, -0.2) is 14.4 Å². The van der Waals surface area contributed by atoms with Crippen molar-refractivity contribution in [3.8, 4) is 11.1 Å². The molecular weight excluding hydrogens is 548 g/mol. The maximum Gasteiger partial charge on any atom is 0.410 e. The second-order valence-corrected chi connectivity index (χ2v) is 12.0. The minimum atomic E-state index is -0.591. The molecule has 2 heterocycles. The van der Waals surface area contributed by atoms with E-state index in [1.807, 2.05) is 45.0 Å². The summed E-state index contributed by atoms with van der Waals surface area (Å²) in [4.78, 5) is 42.2. The lowest BCUT2D eigenvalue weighted by atomic mass is 9.98. The van der Waals surface area contributed by atoms with Gasteiger partial charge < -0.3 is 23.5 Å². The standard InChI is InChI=1S/C34H40N2O7/c1-5-40-31(37)30-17-16-24(42-30)21-36(23-11-10-19-35(20-18-23)32(38)43-34(2,3)4)33(39)41-22-29-27-14-8-6-12-25(27)26-13-7-9-15-28(26)29/h6-9,12-17,23,29H,5,10-11,18-22H2,1-4H3. The predicted octanol–water partition coefficient (Wildman–Crippen LogP) is 7.00. The number of hydrogen-bond acceptors (Lipinski definition) is 7. The zero-order valence-corrected chi connectivity index (χ0v) is 25.3. The Hall–Kier alpha value is -4.27. The SMILES string of the molecule is CCOC(=O)c1ccc(CN(C(=O)OCC2c3ccccc3-c3ccccc32)C2CCCN(C(=O)OC(C)(C)C)CC2)o1. The van der Waals surface area contributed by atoms with Crippen LogP contribution in [0.5, 0.6) is 0 Å². The molecule has 3 aromatic rings. The first-order valence-electron chi connectivity index (χ1n) is 15.0. The molecule has 9 nitrogen and oxygen atoms in total. The van der Waals surface area contributed by atoms with Gasteiger partial charge in [0.25, 0.3) is 0 Å². The van der Waals surface area contributed by atoms with Crippen LogP contribution in [0.1, 0.15) is 80.3 Å². The molecule has 0 spiro atoms. The number of amides is 2. The lowest BCUT2D eigenvalue weighted by Crippen LogP contribution is -2.42. The Bertz CT molecular complexity index is 1410. The number of esters is 1. The van der Waals surface area contributed by atoms with Gasteiger partial charge >= 0.3 is 18.2 Å². The molecule has 5 rings (SSSR count). The van der Waals surface area contributed by atoms with Crippen molar-refractivity contribution in [2.75, 3.05) is 26.3 Å². The van der Waals surface area contributed by atoms with Crippen LogP contribution < -0.4 is 0 Å². The quantitative estimate of drug-likeness (QED) is 0.217. The topological polar surface area (TPSA) is 98.5 Å². The lowest BCUT2D eigenvalue weighted by molar-refractivity contribution is 0.0251. The van der Waals surface area contributed by atoms with Crippen molar-refractivity contribution in [3.63, 3.8) is 0 Å². The molecule has 0 saturated carbocycles. The highest BCUT2D eigenvalue weighted by Crippen LogP contribution is 2.44. The number of rotatable bonds is 7. The highest BCUT2D eigenvalue weighted by atomic mass is 16.6. The molecule has 9 heteroatoms. The highest BCUT2D eigenvalue weighted by molar-refractivity contribution is 5.86. The minimum Gasteiger partial charge on any atom is -0.460 e. The minimum absolute atomic E-state index is 0.0750. The number of carbonyl (C=O) groups excluding carboxylic acids is 3. The molecule has 0 N–H and O–H groups in total. The fraction of sp³-hybridized carbons (Fsp3) is 0.441. The van der Waals surface area contributed by atoms with Crippen molar-refractivity contribution in [2.24, 2.45) is 0 Å². The van der Waals surface area contributed by atoms with Gasteiger partial charge in [-0.3, -0.25) is 4.90 Å². The molecule has 2 aliphatic rings. The third kappa shape index (κ3) is 7.04. The number of furan rings is 1. The van der Waals surface area contributed by atoms with Crippen molar-refractivity contribution in [1.29, 1.82) is 0 Å². The molecule has 1 fully saturated rings. The molecule has 1 aliphatic heterocycles. The molecule has 1 unspecified atom stereocenters. The summed E-state index contributed by atoms with van der Waals surface area (Å²) >= 11 is 0. The van der Waals surface area contributed by atoms with Gasteiger partial charge in [-0.15, -0.1) is 0 Å². The van der Waals surface area contributed by atoms with Gasteiger partial charge in [-0.2, -0.15) is 0 Å². The largest absolute Gasteiger partial charge is 0.460 e. The molecule has 228 valence electrons.